The number of carbonyl (C=O) groups excluding carboxylic acids is 1. The summed E-state index contributed by atoms with van der Waals surface area (Å²) in [5, 5.41) is 1.91. The molecule has 0 spiro atoms. The molecule has 26 heavy (non-hydrogen) atoms. The number of hydrogen-bond donors (Lipinski definition) is 0. The van der Waals surface area contributed by atoms with Crippen LogP contribution in [0.3, 0.4) is 0 Å². The number of likely N-dealkylation sites (N-methyl/N-ethyl adjacent to an activating group) is 1. The molecular formula is C22H21ClN2O. The van der Waals surface area contributed by atoms with E-state index >= 15 is 0 Å². The second-order valence-corrected chi connectivity index (χ2v) is 8.33. The second kappa shape index (κ2) is 5.45. The van der Waals surface area contributed by atoms with Crippen LogP contribution in [0.4, 0.5) is 0 Å². The quantitative estimate of drug-likeness (QED) is 0.638. The van der Waals surface area contributed by atoms with Gasteiger partial charge in [-0.2, -0.15) is 0 Å². The molecule has 0 radical (unpaired) electrons. The smallest absolute Gasteiger partial charge is 0.242 e. The molecule has 4 heteroatoms. The highest BCUT2D eigenvalue weighted by molar-refractivity contribution is 6.31. The topological polar surface area (TPSA) is 25.2 Å². The van der Waals surface area contributed by atoms with Crippen LogP contribution in [0.1, 0.15) is 34.1 Å². The van der Waals surface area contributed by atoms with Gasteiger partial charge in [0.25, 0.3) is 0 Å². The number of benzene rings is 2. The van der Waals surface area contributed by atoms with Crippen molar-refractivity contribution in [2.75, 3.05) is 13.6 Å². The number of nitrogens with zero attached hydrogens (tertiary/aromatic N) is 2. The lowest BCUT2D eigenvalue weighted by Crippen LogP contribution is -2.43. The van der Waals surface area contributed by atoms with Gasteiger partial charge in [-0.05, 0) is 49.2 Å². The number of halogens is 1. The van der Waals surface area contributed by atoms with Gasteiger partial charge in [0.1, 0.15) is 0 Å². The Hall–Kier alpha value is -2.10. The average molecular weight is 365 g/mol. The zero-order valence-corrected chi connectivity index (χ0v) is 15.8. The van der Waals surface area contributed by atoms with Gasteiger partial charge in [0, 0.05) is 35.6 Å². The molecule has 1 atom stereocenters. The van der Waals surface area contributed by atoms with Crippen LogP contribution >= 0.6 is 11.6 Å². The van der Waals surface area contributed by atoms with E-state index in [1.54, 1.807) is 0 Å². The molecule has 3 nitrogen and oxygen atoms in total. The van der Waals surface area contributed by atoms with Crippen molar-refractivity contribution >= 4 is 28.4 Å². The average Bonchev–Trinajstić information content (AvgIpc) is 2.95. The third kappa shape index (κ3) is 2.07. The van der Waals surface area contributed by atoms with Gasteiger partial charge >= 0.3 is 0 Å². The fourth-order valence-corrected chi connectivity index (χ4v) is 4.99. The minimum Gasteiger partial charge on any atom is -0.302 e. The normalized spacial score (nSPS) is 22.7. The van der Waals surface area contributed by atoms with Crippen molar-refractivity contribution in [3.05, 3.63) is 69.9 Å². The molecular weight excluding hydrogens is 344 g/mol. The van der Waals surface area contributed by atoms with E-state index in [-0.39, 0.29) is 5.91 Å². The van der Waals surface area contributed by atoms with E-state index in [2.05, 4.69) is 31.0 Å². The molecule has 0 saturated heterocycles. The standard InChI is InChI=1S/C22H21ClN2O/c1-22(15-6-4-3-5-7-15)12-14-10-16(23)11-17-18-13-24(2)9-8-19(18)25(20(14)17)21(22)26/h3-7,10-11H,8-9,12-13H2,1-2H3. The molecule has 132 valence electrons. The van der Waals surface area contributed by atoms with Crippen LogP contribution in [-0.4, -0.2) is 29.0 Å². The Kier molecular flexibility index (Phi) is 3.37. The Morgan fingerprint density at radius 3 is 2.69 bits per heavy atom. The summed E-state index contributed by atoms with van der Waals surface area (Å²) in [5.74, 6) is 0.189. The summed E-state index contributed by atoms with van der Waals surface area (Å²) in [4.78, 5) is 16.1. The molecule has 2 aromatic carbocycles. The molecule has 0 aliphatic carbocycles. The number of fused-ring (bicyclic) bond motifs is 3. The Morgan fingerprint density at radius 2 is 1.92 bits per heavy atom. The molecule has 5 rings (SSSR count). The largest absolute Gasteiger partial charge is 0.302 e. The van der Waals surface area contributed by atoms with Crippen LogP contribution < -0.4 is 0 Å². The lowest BCUT2D eigenvalue weighted by Gasteiger charge is -2.35. The van der Waals surface area contributed by atoms with E-state index in [0.717, 1.165) is 41.0 Å². The SMILES string of the molecule is CN1CCc2c(c3cc(Cl)cc4c3n2C(=O)C(C)(c2ccccc2)C4)C1. The molecule has 0 N–H and O–H groups in total. The molecule has 3 aromatic rings. The highest BCUT2D eigenvalue weighted by Crippen LogP contribution is 2.43. The molecule has 3 heterocycles. The maximum atomic E-state index is 13.7. The van der Waals surface area contributed by atoms with Crippen LogP contribution in [0.25, 0.3) is 10.9 Å². The first-order valence-corrected chi connectivity index (χ1v) is 9.50. The lowest BCUT2D eigenvalue weighted by atomic mass is 9.74. The van der Waals surface area contributed by atoms with E-state index in [4.69, 9.17) is 11.6 Å². The fourth-order valence-electron chi connectivity index (χ4n) is 4.75. The third-order valence-electron chi connectivity index (χ3n) is 6.11. The number of rotatable bonds is 1. The van der Waals surface area contributed by atoms with Gasteiger partial charge in [-0.15, -0.1) is 0 Å². The van der Waals surface area contributed by atoms with Crippen LogP contribution in [0.5, 0.6) is 0 Å². The summed E-state index contributed by atoms with van der Waals surface area (Å²) >= 11 is 6.48. The van der Waals surface area contributed by atoms with E-state index in [9.17, 15) is 4.79 Å². The number of hydrogen-bond acceptors (Lipinski definition) is 2. The van der Waals surface area contributed by atoms with Crippen LogP contribution in [0.15, 0.2) is 42.5 Å². The van der Waals surface area contributed by atoms with Crippen molar-refractivity contribution in [2.24, 2.45) is 0 Å². The maximum Gasteiger partial charge on any atom is 0.242 e. The van der Waals surface area contributed by atoms with E-state index in [1.165, 1.54) is 16.8 Å². The Morgan fingerprint density at radius 1 is 1.15 bits per heavy atom. The molecule has 2 aliphatic heterocycles. The summed E-state index contributed by atoms with van der Waals surface area (Å²) in [7, 11) is 2.13. The summed E-state index contributed by atoms with van der Waals surface area (Å²) in [6.45, 7) is 3.91. The first-order valence-electron chi connectivity index (χ1n) is 9.12. The van der Waals surface area contributed by atoms with Crippen LogP contribution in [0.2, 0.25) is 5.02 Å². The zero-order chi connectivity index (χ0) is 18.1. The van der Waals surface area contributed by atoms with Crippen molar-refractivity contribution in [1.29, 1.82) is 0 Å². The molecule has 0 fully saturated rings. The predicted molar refractivity (Wildman–Crippen MR) is 105 cm³/mol. The Balaban J connectivity index is 1.82. The molecule has 2 aliphatic rings. The highest BCUT2D eigenvalue weighted by Gasteiger charge is 2.43. The number of aromatic nitrogens is 1. The zero-order valence-electron chi connectivity index (χ0n) is 15.1. The molecule has 1 unspecified atom stereocenters. The van der Waals surface area contributed by atoms with Crippen LogP contribution in [0, 0.1) is 0 Å². The predicted octanol–water partition coefficient (Wildman–Crippen LogP) is 4.44. The summed E-state index contributed by atoms with van der Waals surface area (Å²) in [5.41, 5.74) is 5.20. The Bertz CT molecular complexity index is 1050. The third-order valence-corrected chi connectivity index (χ3v) is 6.33. The van der Waals surface area contributed by atoms with Crippen molar-refractivity contribution in [3.63, 3.8) is 0 Å². The Labute approximate surface area is 158 Å². The fraction of sp³-hybridized carbons (Fsp3) is 0.318. The van der Waals surface area contributed by atoms with Gasteiger partial charge in [-0.1, -0.05) is 41.9 Å². The first kappa shape index (κ1) is 16.1. The first-order chi connectivity index (χ1) is 12.5. The minimum absolute atomic E-state index is 0.189. The summed E-state index contributed by atoms with van der Waals surface area (Å²) in [6, 6.07) is 14.2. The van der Waals surface area contributed by atoms with E-state index < -0.39 is 5.41 Å². The van der Waals surface area contributed by atoms with Crippen molar-refractivity contribution in [3.8, 4) is 0 Å². The monoisotopic (exact) mass is 364 g/mol. The molecule has 0 amide bonds. The molecule has 0 saturated carbocycles. The number of carbonyl (C=O) groups is 1. The highest BCUT2D eigenvalue weighted by atomic mass is 35.5. The van der Waals surface area contributed by atoms with Gasteiger partial charge in [0.15, 0.2) is 0 Å². The summed E-state index contributed by atoms with van der Waals surface area (Å²) in [6.07, 6.45) is 1.58. The van der Waals surface area contributed by atoms with Crippen LogP contribution in [-0.2, 0) is 24.8 Å². The molecule has 0 bridgehead atoms. The van der Waals surface area contributed by atoms with Gasteiger partial charge in [0.05, 0.1) is 10.9 Å². The van der Waals surface area contributed by atoms with Gasteiger partial charge in [-0.25, -0.2) is 0 Å². The maximum absolute atomic E-state index is 13.7. The van der Waals surface area contributed by atoms with Gasteiger partial charge in [0.2, 0.25) is 5.91 Å². The van der Waals surface area contributed by atoms with Crippen molar-refractivity contribution in [1.82, 2.24) is 9.47 Å². The van der Waals surface area contributed by atoms with E-state index in [0.29, 0.717) is 6.42 Å². The summed E-state index contributed by atoms with van der Waals surface area (Å²) < 4.78 is 2.01. The van der Waals surface area contributed by atoms with Gasteiger partial charge < -0.3 is 4.90 Å². The van der Waals surface area contributed by atoms with Gasteiger partial charge in [-0.3, -0.25) is 9.36 Å². The lowest BCUT2D eigenvalue weighted by molar-refractivity contribution is 0.0799. The minimum atomic E-state index is -0.567. The molecule has 1 aromatic heterocycles. The van der Waals surface area contributed by atoms with Crippen molar-refractivity contribution in [2.45, 2.75) is 31.7 Å². The van der Waals surface area contributed by atoms with E-state index in [1.807, 2.05) is 34.9 Å². The second-order valence-electron chi connectivity index (χ2n) is 7.89. The van der Waals surface area contributed by atoms with Crippen molar-refractivity contribution < 1.29 is 4.79 Å².